The highest BCUT2D eigenvalue weighted by Gasteiger charge is 2.30. The minimum Gasteiger partial charge on any atom is -0.492 e. The fraction of sp³-hybridized carbons (Fsp3) is 0.300. The SMILES string of the molecule is COc1c(OC(=O)c2ccc(C)cc2C)cc2c(c1OC)-c1ccc(SC)c(=O)cc1[C@@H](NC(C)=O)CC2. The molecule has 1 aliphatic rings. The van der Waals surface area contributed by atoms with Crippen molar-refractivity contribution in [3.63, 3.8) is 0 Å². The van der Waals surface area contributed by atoms with E-state index in [1.165, 1.54) is 32.9 Å². The zero-order valence-electron chi connectivity index (χ0n) is 22.4. The highest BCUT2D eigenvalue weighted by Crippen LogP contribution is 2.50. The summed E-state index contributed by atoms with van der Waals surface area (Å²) >= 11 is 1.36. The number of carbonyl (C=O) groups excluding carboxylic acids is 2. The minimum atomic E-state index is -0.500. The third kappa shape index (κ3) is 5.27. The molecule has 0 radical (unpaired) electrons. The predicted molar refractivity (Wildman–Crippen MR) is 149 cm³/mol. The van der Waals surface area contributed by atoms with Gasteiger partial charge in [-0.15, -0.1) is 11.8 Å². The van der Waals surface area contributed by atoms with Gasteiger partial charge in [-0.1, -0.05) is 23.8 Å². The molecule has 0 spiro atoms. The third-order valence-electron chi connectivity index (χ3n) is 6.68. The van der Waals surface area contributed by atoms with Crippen LogP contribution >= 0.6 is 11.8 Å². The minimum absolute atomic E-state index is 0.123. The number of hydrogen-bond donors (Lipinski definition) is 1. The second-order valence-electron chi connectivity index (χ2n) is 9.25. The number of fused-ring (bicyclic) bond motifs is 3. The number of hydrogen-bond acceptors (Lipinski definition) is 7. The summed E-state index contributed by atoms with van der Waals surface area (Å²) in [5.41, 5.74) is 5.24. The van der Waals surface area contributed by atoms with E-state index in [-0.39, 0.29) is 28.9 Å². The van der Waals surface area contributed by atoms with Crippen LogP contribution in [0.1, 0.15) is 52.0 Å². The molecule has 3 aromatic carbocycles. The first-order chi connectivity index (χ1) is 18.2. The summed E-state index contributed by atoms with van der Waals surface area (Å²) in [6.45, 7) is 5.29. The first kappa shape index (κ1) is 27.3. The van der Waals surface area contributed by atoms with Gasteiger partial charge in [-0.25, -0.2) is 4.79 Å². The van der Waals surface area contributed by atoms with E-state index >= 15 is 0 Å². The van der Waals surface area contributed by atoms with Gasteiger partial charge in [-0.3, -0.25) is 9.59 Å². The van der Waals surface area contributed by atoms with Crippen molar-refractivity contribution in [1.29, 1.82) is 0 Å². The molecule has 0 saturated heterocycles. The maximum absolute atomic E-state index is 13.2. The average molecular weight is 534 g/mol. The van der Waals surface area contributed by atoms with Crippen LogP contribution in [-0.4, -0.2) is 32.4 Å². The molecular formula is C30H31NO6S. The molecule has 0 unspecified atom stereocenters. The molecule has 198 valence electrons. The highest BCUT2D eigenvalue weighted by atomic mass is 32.2. The lowest BCUT2D eigenvalue weighted by molar-refractivity contribution is -0.119. The lowest BCUT2D eigenvalue weighted by Crippen LogP contribution is -2.26. The van der Waals surface area contributed by atoms with E-state index in [1.807, 2.05) is 38.3 Å². The average Bonchev–Trinajstić information content (AvgIpc) is 3.11. The van der Waals surface area contributed by atoms with E-state index < -0.39 is 5.97 Å². The Labute approximate surface area is 226 Å². The molecule has 7 nitrogen and oxygen atoms in total. The molecule has 1 amide bonds. The monoisotopic (exact) mass is 533 g/mol. The van der Waals surface area contributed by atoms with Gasteiger partial charge in [-0.05, 0) is 79.5 Å². The van der Waals surface area contributed by atoms with Crippen molar-refractivity contribution < 1.29 is 23.8 Å². The number of nitrogens with one attached hydrogen (secondary N) is 1. The largest absolute Gasteiger partial charge is 0.492 e. The molecule has 0 saturated carbocycles. The topological polar surface area (TPSA) is 90.9 Å². The van der Waals surface area contributed by atoms with Gasteiger partial charge in [0, 0.05) is 12.5 Å². The molecule has 0 heterocycles. The Morgan fingerprint density at radius 3 is 2.37 bits per heavy atom. The lowest BCUT2D eigenvalue weighted by Gasteiger charge is -2.20. The number of esters is 1. The zero-order chi connectivity index (χ0) is 27.6. The molecule has 1 N–H and O–H groups in total. The van der Waals surface area contributed by atoms with Gasteiger partial charge < -0.3 is 19.5 Å². The summed E-state index contributed by atoms with van der Waals surface area (Å²) in [6, 6.07) is 12.2. The zero-order valence-corrected chi connectivity index (χ0v) is 23.2. The van der Waals surface area contributed by atoms with Gasteiger partial charge in [0.25, 0.3) is 0 Å². The summed E-state index contributed by atoms with van der Waals surface area (Å²) in [5, 5.41) is 2.99. The Kier molecular flexibility index (Phi) is 8.11. The molecule has 3 aromatic rings. The van der Waals surface area contributed by atoms with Crippen LogP contribution in [0.25, 0.3) is 11.1 Å². The second kappa shape index (κ2) is 11.3. The Balaban J connectivity index is 1.93. The summed E-state index contributed by atoms with van der Waals surface area (Å²) in [5.74, 6) is 0.209. The van der Waals surface area contributed by atoms with Gasteiger partial charge in [0.1, 0.15) is 0 Å². The molecule has 0 aromatic heterocycles. The van der Waals surface area contributed by atoms with E-state index in [1.54, 1.807) is 24.3 Å². The smallest absolute Gasteiger partial charge is 0.343 e. The van der Waals surface area contributed by atoms with E-state index in [0.29, 0.717) is 34.6 Å². The van der Waals surface area contributed by atoms with Crippen molar-refractivity contribution in [3.8, 4) is 28.4 Å². The Morgan fingerprint density at radius 2 is 1.74 bits per heavy atom. The predicted octanol–water partition coefficient (Wildman–Crippen LogP) is 5.41. The van der Waals surface area contributed by atoms with Gasteiger partial charge in [-0.2, -0.15) is 0 Å². The standard InChI is InChI=1S/C30H31NO6S/c1-16-7-9-20(17(2)13-16)30(34)37-25-14-19-8-11-23(31-18(3)32)22-15-24(33)26(38-6)12-10-21(22)27(19)29(36-5)28(25)35-4/h7,9-10,12-15,23H,8,11H2,1-6H3,(H,31,32)/t23-/m0/s1. The number of amides is 1. The molecule has 0 bridgehead atoms. The summed E-state index contributed by atoms with van der Waals surface area (Å²) < 4.78 is 17.5. The van der Waals surface area contributed by atoms with E-state index in [4.69, 9.17) is 14.2 Å². The molecule has 0 fully saturated rings. The van der Waals surface area contributed by atoms with Gasteiger partial charge in [0.05, 0.1) is 30.7 Å². The van der Waals surface area contributed by atoms with Crippen LogP contribution < -0.4 is 25.0 Å². The first-order valence-electron chi connectivity index (χ1n) is 12.3. The molecule has 1 atom stereocenters. The normalized spacial score (nSPS) is 14.0. The summed E-state index contributed by atoms with van der Waals surface area (Å²) in [6.07, 6.45) is 2.93. The molecule has 4 rings (SSSR count). The van der Waals surface area contributed by atoms with Crippen molar-refractivity contribution >= 4 is 23.6 Å². The molecule has 0 aliphatic heterocycles. The van der Waals surface area contributed by atoms with Crippen LogP contribution in [0, 0.1) is 13.8 Å². The Bertz CT molecular complexity index is 1480. The molecular weight excluding hydrogens is 502 g/mol. The summed E-state index contributed by atoms with van der Waals surface area (Å²) in [4.78, 5) is 38.8. The van der Waals surface area contributed by atoms with Gasteiger partial charge >= 0.3 is 5.97 Å². The fourth-order valence-electron chi connectivity index (χ4n) is 4.98. The molecule has 38 heavy (non-hydrogen) atoms. The number of carbonyl (C=O) groups is 2. The van der Waals surface area contributed by atoms with E-state index in [0.717, 1.165) is 27.8 Å². The van der Waals surface area contributed by atoms with E-state index in [2.05, 4.69) is 5.32 Å². The lowest BCUT2D eigenvalue weighted by atomic mass is 9.95. The van der Waals surface area contributed by atoms with Crippen molar-refractivity contribution in [3.05, 3.63) is 80.5 Å². The van der Waals surface area contributed by atoms with Crippen molar-refractivity contribution in [2.45, 2.75) is 44.6 Å². The van der Waals surface area contributed by atoms with Gasteiger partial charge in [0.2, 0.25) is 11.7 Å². The van der Waals surface area contributed by atoms with Crippen molar-refractivity contribution in [1.82, 2.24) is 5.32 Å². The number of aryl methyl sites for hydroxylation is 3. The molecule has 1 aliphatic carbocycles. The van der Waals surface area contributed by atoms with Crippen LogP contribution in [-0.2, 0) is 11.2 Å². The maximum Gasteiger partial charge on any atom is 0.343 e. The fourth-order valence-corrected chi connectivity index (χ4v) is 5.45. The van der Waals surface area contributed by atoms with Crippen LogP contribution in [0.5, 0.6) is 17.2 Å². The van der Waals surface area contributed by atoms with E-state index in [9.17, 15) is 14.4 Å². The quantitative estimate of drug-likeness (QED) is 0.257. The Morgan fingerprint density at radius 1 is 1.00 bits per heavy atom. The van der Waals surface area contributed by atoms with Crippen LogP contribution in [0.2, 0.25) is 0 Å². The summed E-state index contributed by atoms with van der Waals surface area (Å²) in [7, 11) is 3.02. The maximum atomic E-state index is 13.2. The Hall–Kier alpha value is -3.78. The van der Waals surface area contributed by atoms with Crippen LogP contribution in [0.4, 0.5) is 0 Å². The second-order valence-corrected chi connectivity index (χ2v) is 10.1. The van der Waals surface area contributed by atoms with Crippen molar-refractivity contribution in [2.24, 2.45) is 0 Å². The third-order valence-corrected chi connectivity index (χ3v) is 7.46. The van der Waals surface area contributed by atoms with Crippen LogP contribution in [0.3, 0.4) is 0 Å². The number of methoxy groups -OCH3 is 2. The van der Waals surface area contributed by atoms with Crippen molar-refractivity contribution in [2.75, 3.05) is 20.5 Å². The van der Waals surface area contributed by atoms with Gasteiger partial charge in [0.15, 0.2) is 16.9 Å². The number of benzene rings is 2. The molecule has 8 heteroatoms. The number of rotatable bonds is 6. The number of ether oxygens (including phenoxy) is 3. The van der Waals surface area contributed by atoms with Crippen LogP contribution in [0.15, 0.2) is 52.2 Å². The number of thioether (sulfide) groups is 1. The first-order valence-corrected chi connectivity index (χ1v) is 13.5. The highest BCUT2D eigenvalue weighted by molar-refractivity contribution is 7.98.